The van der Waals surface area contributed by atoms with Crippen LogP contribution in [0.2, 0.25) is 0 Å². The number of methoxy groups -OCH3 is 1. The van der Waals surface area contributed by atoms with Gasteiger partial charge >= 0.3 is 0 Å². The molecule has 6 nitrogen and oxygen atoms in total. The van der Waals surface area contributed by atoms with Crippen LogP contribution >= 0.6 is 11.3 Å². The van der Waals surface area contributed by atoms with E-state index in [4.69, 9.17) is 9.47 Å². The van der Waals surface area contributed by atoms with Crippen molar-refractivity contribution in [3.8, 4) is 0 Å². The van der Waals surface area contributed by atoms with E-state index < -0.39 is 0 Å². The number of aryl methyl sites for hydroxylation is 1. The molecule has 1 saturated heterocycles. The van der Waals surface area contributed by atoms with E-state index in [0.29, 0.717) is 19.1 Å². The number of anilines is 1. The lowest BCUT2D eigenvalue weighted by atomic mass is 10.1. The normalized spacial score (nSPS) is 17.8. The molecule has 0 aliphatic carbocycles. The first-order valence-electron chi connectivity index (χ1n) is 7.34. The third-order valence-electron chi connectivity index (χ3n) is 3.67. The summed E-state index contributed by atoms with van der Waals surface area (Å²) in [7, 11) is 1.68. The van der Waals surface area contributed by atoms with Crippen LogP contribution in [0.1, 0.15) is 33.6 Å². The second-order valence-electron chi connectivity index (χ2n) is 5.29. The fourth-order valence-corrected chi connectivity index (χ4v) is 3.45. The number of nitrogens with one attached hydrogen (secondary N) is 1. The maximum absolute atomic E-state index is 5.42. The van der Waals surface area contributed by atoms with Crippen LogP contribution in [0.4, 0.5) is 5.82 Å². The van der Waals surface area contributed by atoms with E-state index in [1.807, 2.05) is 13.0 Å². The molecule has 22 heavy (non-hydrogen) atoms. The van der Waals surface area contributed by atoms with Gasteiger partial charge < -0.3 is 14.8 Å². The van der Waals surface area contributed by atoms with Crippen LogP contribution in [0.5, 0.6) is 0 Å². The molecule has 3 rings (SSSR count). The molecule has 1 fully saturated rings. The molecule has 0 spiro atoms. The number of hydrogen-bond acceptors (Lipinski definition) is 7. The van der Waals surface area contributed by atoms with Gasteiger partial charge in [0.25, 0.3) is 0 Å². The molecule has 2 aromatic rings. The van der Waals surface area contributed by atoms with Gasteiger partial charge in [-0.3, -0.25) is 0 Å². The Hall–Kier alpha value is -1.57. The minimum atomic E-state index is 0.391. The first-order valence-corrected chi connectivity index (χ1v) is 8.15. The lowest BCUT2D eigenvalue weighted by Gasteiger charge is -2.09. The lowest BCUT2D eigenvalue weighted by molar-refractivity contribution is 0.184. The van der Waals surface area contributed by atoms with Crippen molar-refractivity contribution in [1.82, 2.24) is 15.0 Å². The van der Waals surface area contributed by atoms with Gasteiger partial charge in [0.2, 0.25) is 0 Å². The summed E-state index contributed by atoms with van der Waals surface area (Å²) >= 11 is 1.67. The quantitative estimate of drug-likeness (QED) is 0.882. The van der Waals surface area contributed by atoms with Crippen LogP contribution in [-0.2, 0) is 22.6 Å². The lowest BCUT2D eigenvalue weighted by Crippen LogP contribution is -2.05. The Morgan fingerprint density at radius 2 is 2.36 bits per heavy atom. The van der Waals surface area contributed by atoms with Crippen LogP contribution in [0.15, 0.2) is 12.4 Å². The van der Waals surface area contributed by atoms with E-state index >= 15 is 0 Å². The van der Waals surface area contributed by atoms with Gasteiger partial charge in [-0.05, 0) is 13.3 Å². The number of thiazole rings is 1. The summed E-state index contributed by atoms with van der Waals surface area (Å²) in [5.74, 6) is 1.24. The van der Waals surface area contributed by atoms with Gasteiger partial charge in [-0.25, -0.2) is 15.0 Å². The van der Waals surface area contributed by atoms with E-state index in [-0.39, 0.29) is 0 Å². The van der Waals surface area contributed by atoms with Gasteiger partial charge in [0.15, 0.2) is 0 Å². The highest BCUT2D eigenvalue weighted by atomic mass is 32.1. The zero-order valence-electron chi connectivity index (χ0n) is 12.8. The fraction of sp³-hybridized carbons (Fsp3) is 0.533. The highest BCUT2D eigenvalue weighted by molar-refractivity contribution is 7.11. The van der Waals surface area contributed by atoms with Crippen LogP contribution in [0.25, 0.3) is 0 Å². The molecular formula is C15H20N4O2S. The van der Waals surface area contributed by atoms with Crippen molar-refractivity contribution >= 4 is 17.2 Å². The third-order valence-corrected chi connectivity index (χ3v) is 4.80. The third kappa shape index (κ3) is 3.60. The first-order chi connectivity index (χ1) is 10.8. The van der Waals surface area contributed by atoms with Crippen LogP contribution in [0, 0.1) is 6.92 Å². The number of ether oxygens (including phenoxy) is 2. The summed E-state index contributed by atoms with van der Waals surface area (Å²) in [4.78, 5) is 14.4. The highest BCUT2D eigenvalue weighted by Crippen LogP contribution is 2.25. The Balaban J connectivity index is 1.64. The number of rotatable bonds is 6. The van der Waals surface area contributed by atoms with E-state index in [9.17, 15) is 0 Å². The second kappa shape index (κ2) is 7.13. The number of nitrogens with zero attached hydrogens (tertiary/aromatic N) is 3. The molecule has 0 bridgehead atoms. The number of aromatic nitrogens is 3. The molecule has 1 aliphatic rings. The average molecular weight is 320 g/mol. The summed E-state index contributed by atoms with van der Waals surface area (Å²) in [5.41, 5.74) is 2.10. The van der Waals surface area contributed by atoms with Crippen LogP contribution in [0.3, 0.4) is 0 Å². The van der Waals surface area contributed by atoms with Crippen molar-refractivity contribution in [3.05, 3.63) is 33.7 Å². The summed E-state index contributed by atoms with van der Waals surface area (Å²) < 4.78 is 10.5. The molecule has 3 heterocycles. The molecule has 118 valence electrons. The van der Waals surface area contributed by atoms with Crippen LogP contribution < -0.4 is 5.32 Å². The van der Waals surface area contributed by atoms with Gasteiger partial charge in [-0.1, -0.05) is 0 Å². The summed E-state index contributed by atoms with van der Waals surface area (Å²) in [6.07, 6.45) is 2.65. The molecule has 0 unspecified atom stereocenters. The monoisotopic (exact) mass is 320 g/mol. The highest BCUT2D eigenvalue weighted by Gasteiger charge is 2.19. The Bertz CT molecular complexity index is 626. The van der Waals surface area contributed by atoms with Gasteiger partial charge in [-0.2, -0.15) is 0 Å². The maximum Gasteiger partial charge on any atom is 0.129 e. The Kier molecular flexibility index (Phi) is 4.97. The van der Waals surface area contributed by atoms with E-state index in [0.717, 1.165) is 41.8 Å². The first kappa shape index (κ1) is 15.3. The van der Waals surface area contributed by atoms with E-state index in [1.165, 1.54) is 4.88 Å². The molecule has 0 saturated carbocycles. The Labute approximate surface area is 133 Å². The van der Waals surface area contributed by atoms with Crippen LogP contribution in [-0.4, -0.2) is 35.3 Å². The summed E-state index contributed by atoms with van der Waals surface area (Å²) in [5, 5.41) is 4.36. The van der Waals surface area contributed by atoms with Gasteiger partial charge in [-0.15, -0.1) is 11.3 Å². The SMILES string of the molecule is COCc1nc(C)c(CNc2cc([C@@H]3CCOC3)ncn2)s1. The molecule has 0 amide bonds. The smallest absolute Gasteiger partial charge is 0.129 e. The van der Waals surface area contributed by atoms with Crippen molar-refractivity contribution < 1.29 is 9.47 Å². The number of hydrogen-bond donors (Lipinski definition) is 1. The fourth-order valence-electron chi connectivity index (χ4n) is 2.47. The van der Waals surface area contributed by atoms with Crippen molar-refractivity contribution in [2.24, 2.45) is 0 Å². The van der Waals surface area contributed by atoms with Crippen molar-refractivity contribution in [2.75, 3.05) is 25.6 Å². The van der Waals surface area contributed by atoms with Crippen molar-refractivity contribution in [2.45, 2.75) is 32.4 Å². The van der Waals surface area contributed by atoms with Gasteiger partial charge in [0.05, 0.1) is 31.1 Å². The zero-order valence-corrected chi connectivity index (χ0v) is 13.7. The zero-order chi connectivity index (χ0) is 15.4. The molecular weight excluding hydrogens is 300 g/mol. The molecule has 2 aromatic heterocycles. The van der Waals surface area contributed by atoms with Crippen molar-refractivity contribution in [1.29, 1.82) is 0 Å². The largest absolute Gasteiger partial charge is 0.381 e. The minimum Gasteiger partial charge on any atom is -0.381 e. The molecule has 1 aliphatic heterocycles. The Morgan fingerprint density at radius 3 is 3.14 bits per heavy atom. The van der Waals surface area contributed by atoms with E-state index in [1.54, 1.807) is 24.8 Å². The van der Waals surface area contributed by atoms with Gasteiger partial charge in [0.1, 0.15) is 17.2 Å². The second-order valence-corrected chi connectivity index (χ2v) is 6.46. The molecule has 0 aromatic carbocycles. The Morgan fingerprint density at radius 1 is 1.45 bits per heavy atom. The molecule has 0 radical (unpaired) electrons. The van der Waals surface area contributed by atoms with E-state index in [2.05, 4.69) is 20.3 Å². The van der Waals surface area contributed by atoms with Gasteiger partial charge in [0, 0.05) is 30.6 Å². The maximum atomic E-state index is 5.42. The predicted octanol–water partition coefficient (Wildman–Crippen LogP) is 2.50. The van der Waals surface area contributed by atoms with Crippen molar-refractivity contribution in [3.63, 3.8) is 0 Å². The summed E-state index contributed by atoms with van der Waals surface area (Å²) in [6.45, 7) is 4.87. The topological polar surface area (TPSA) is 69.2 Å². The predicted molar refractivity (Wildman–Crippen MR) is 85.1 cm³/mol. The molecule has 1 atom stereocenters. The minimum absolute atomic E-state index is 0.391. The molecule has 7 heteroatoms. The standard InChI is InChI=1S/C15H20N4O2S/c1-10-13(22-15(19-10)8-20-2)6-16-14-5-12(17-9-18-14)11-3-4-21-7-11/h5,9,11H,3-4,6-8H2,1-2H3,(H,16,17,18)/t11-/m1/s1. The summed E-state index contributed by atoms with van der Waals surface area (Å²) in [6, 6.07) is 2.02. The molecule has 1 N–H and O–H groups in total. The average Bonchev–Trinajstić information content (AvgIpc) is 3.16.